The maximum absolute atomic E-state index is 12.5. The molecule has 0 radical (unpaired) electrons. The molecule has 6 nitrogen and oxygen atoms in total. The number of ether oxygens (including phenoxy) is 1. The molecule has 0 unspecified atom stereocenters. The van der Waals surface area contributed by atoms with Gasteiger partial charge in [0, 0.05) is 7.05 Å². The predicted molar refractivity (Wildman–Crippen MR) is 100 cm³/mol. The first-order valence-electron chi connectivity index (χ1n) is 8.40. The fourth-order valence-electron chi connectivity index (χ4n) is 2.69. The number of fused-ring (bicyclic) bond motifs is 1. The number of amides is 1. The highest BCUT2D eigenvalue weighted by Gasteiger charge is 2.20. The van der Waals surface area contributed by atoms with Crippen molar-refractivity contribution in [3.8, 4) is 5.75 Å². The van der Waals surface area contributed by atoms with Crippen molar-refractivity contribution >= 4 is 16.8 Å². The molecule has 26 heavy (non-hydrogen) atoms. The zero-order valence-corrected chi connectivity index (χ0v) is 15.0. The van der Waals surface area contributed by atoms with Crippen LogP contribution in [0.4, 0.5) is 0 Å². The molecule has 0 aliphatic heterocycles. The number of hydrogen-bond acceptors (Lipinski definition) is 4. The molecule has 1 heterocycles. The summed E-state index contributed by atoms with van der Waals surface area (Å²) < 4.78 is 5.70. The Bertz CT molecular complexity index is 980. The summed E-state index contributed by atoms with van der Waals surface area (Å²) in [5.74, 6) is 0.885. The smallest absolute Gasteiger partial charge is 0.263 e. The van der Waals surface area contributed by atoms with Gasteiger partial charge in [-0.3, -0.25) is 9.59 Å². The number of rotatable bonds is 5. The fourth-order valence-corrected chi connectivity index (χ4v) is 2.69. The molecule has 0 spiro atoms. The van der Waals surface area contributed by atoms with Gasteiger partial charge in [-0.1, -0.05) is 29.8 Å². The minimum atomic E-state index is -0.644. The van der Waals surface area contributed by atoms with Crippen LogP contribution in [-0.4, -0.2) is 33.9 Å². The van der Waals surface area contributed by atoms with Gasteiger partial charge in [-0.05, 0) is 38.1 Å². The van der Waals surface area contributed by atoms with E-state index in [0.29, 0.717) is 22.5 Å². The number of nitrogens with zero attached hydrogens (tertiary/aromatic N) is 2. The van der Waals surface area contributed by atoms with Gasteiger partial charge in [0.1, 0.15) is 11.6 Å². The number of nitrogens with one attached hydrogen (secondary N) is 1. The minimum absolute atomic E-state index is 0.193. The minimum Gasteiger partial charge on any atom is -0.481 e. The lowest BCUT2D eigenvalue weighted by molar-refractivity contribution is -0.137. The van der Waals surface area contributed by atoms with E-state index < -0.39 is 6.10 Å². The first-order chi connectivity index (χ1) is 12.4. The van der Waals surface area contributed by atoms with Gasteiger partial charge in [0.15, 0.2) is 6.10 Å². The van der Waals surface area contributed by atoms with Crippen molar-refractivity contribution in [3.63, 3.8) is 0 Å². The normalized spacial score (nSPS) is 12.0. The summed E-state index contributed by atoms with van der Waals surface area (Å²) in [7, 11) is 1.66. The Morgan fingerprint density at radius 2 is 1.88 bits per heavy atom. The van der Waals surface area contributed by atoms with Crippen molar-refractivity contribution < 1.29 is 9.53 Å². The number of H-pyrrole nitrogens is 1. The quantitative estimate of drug-likeness (QED) is 0.767. The second-order valence-corrected chi connectivity index (χ2v) is 6.30. The van der Waals surface area contributed by atoms with Gasteiger partial charge in [-0.15, -0.1) is 0 Å². The number of aryl methyl sites for hydroxylation is 1. The van der Waals surface area contributed by atoms with Gasteiger partial charge in [-0.25, -0.2) is 4.98 Å². The fraction of sp³-hybridized carbons (Fsp3) is 0.250. The topological polar surface area (TPSA) is 75.3 Å². The average Bonchev–Trinajstić information content (AvgIpc) is 2.63. The predicted octanol–water partition coefficient (Wildman–Crippen LogP) is 2.66. The molecule has 0 aliphatic rings. The number of aromatic amines is 1. The molecule has 0 aliphatic carbocycles. The summed E-state index contributed by atoms with van der Waals surface area (Å²) in [5.41, 5.74) is 1.52. The number of likely N-dealkylation sites (N-methyl/N-ethyl adjacent to an activating group) is 1. The van der Waals surface area contributed by atoms with Crippen LogP contribution < -0.4 is 10.3 Å². The first-order valence-corrected chi connectivity index (χ1v) is 8.40. The highest BCUT2D eigenvalue weighted by molar-refractivity contribution is 5.81. The van der Waals surface area contributed by atoms with Gasteiger partial charge in [-0.2, -0.15) is 0 Å². The molecule has 1 atom stereocenters. The van der Waals surface area contributed by atoms with Crippen LogP contribution in [0.2, 0.25) is 0 Å². The van der Waals surface area contributed by atoms with Gasteiger partial charge in [0.05, 0.1) is 17.4 Å². The largest absolute Gasteiger partial charge is 0.481 e. The lowest BCUT2D eigenvalue weighted by Crippen LogP contribution is -2.38. The van der Waals surface area contributed by atoms with E-state index in [1.807, 2.05) is 37.3 Å². The number of aromatic nitrogens is 2. The molecular weight excluding hydrogens is 330 g/mol. The zero-order valence-electron chi connectivity index (χ0n) is 15.0. The molecule has 2 aromatic carbocycles. The molecule has 0 saturated carbocycles. The Balaban J connectivity index is 1.70. The molecule has 1 aromatic heterocycles. The highest BCUT2D eigenvalue weighted by Crippen LogP contribution is 2.14. The second-order valence-electron chi connectivity index (χ2n) is 6.30. The Morgan fingerprint density at radius 1 is 1.19 bits per heavy atom. The van der Waals surface area contributed by atoms with Gasteiger partial charge in [0.2, 0.25) is 0 Å². The lowest BCUT2D eigenvalue weighted by atomic mass is 10.2. The van der Waals surface area contributed by atoms with Gasteiger partial charge < -0.3 is 14.6 Å². The Morgan fingerprint density at radius 3 is 2.62 bits per heavy atom. The van der Waals surface area contributed by atoms with Gasteiger partial charge in [0.25, 0.3) is 11.5 Å². The van der Waals surface area contributed by atoms with E-state index in [2.05, 4.69) is 9.97 Å². The van der Waals surface area contributed by atoms with Crippen LogP contribution >= 0.6 is 0 Å². The van der Waals surface area contributed by atoms with Crippen LogP contribution in [0.3, 0.4) is 0 Å². The van der Waals surface area contributed by atoms with E-state index in [4.69, 9.17) is 4.74 Å². The highest BCUT2D eigenvalue weighted by atomic mass is 16.5. The third kappa shape index (κ3) is 3.91. The summed E-state index contributed by atoms with van der Waals surface area (Å²) in [6.45, 7) is 3.89. The summed E-state index contributed by atoms with van der Waals surface area (Å²) in [6.07, 6.45) is -0.644. The maximum Gasteiger partial charge on any atom is 0.263 e. The SMILES string of the molecule is Cc1ccc(O[C@H](C)C(=O)N(C)Cc2nc3ccccc3c(=O)[nH]2)cc1. The van der Waals surface area contributed by atoms with Gasteiger partial charge >= 0.3 is 0 Å². The molecule has 3 aromatic rings. The van der Waals surface area contributed by atoms with E-state index in [1.54, 1.807) is 32.2 Å². The zero-order chi connectivity index (χ0) is 18.7. The molecule has 0 saturated heterocycles. The number of hydrogen-bond donors (Lipinski definition) is 1. The van der Waals surface area contributed by atoms with Crippen LogP contribution in [0, 0.1) is 6.92 Å². The van der Waals surface area contributed by atoms with Crippen molar-refractivity contribution in [2.75, 3.05) is 7.05 Å². The summed E-state index contributed by atoms with van der Waals surface area (Å²) in [6, 6.07) is 14.6. The van der Waals surface area contributed by atoms with E-state index in [9.17, 15) is 9.59 Å². The Hall–Kier alpha value is -3.15. The average molecular weight is 351 g/mol. The van der Waals surface area contributed by atoms with E-state index >= 15 is 0 Å². The Kier molecular flexibility index (Phi) is 5.02. The summed E-state index contributed by atoms with van der Waals surface area (Å²) >= 11 is 0. The number of benzene rings is 2. The summed E-state index contributed by atoms with van der Waals surface area (Å²) in [5, 5.41) is 0.529. The molecule has 6 heteroatoms. The van der Waals surface area contributed by atoms with E-state index in [1.165, 1.54) is 4.90 Å². The lowest BCUT2D eigenvalue weighted by Gasteiger charge is -2.22. The maximum atomic E-state index is 12.5. The number of carbonyl (C=O) groups excluding carboxylic acids is 1. The van der Waals surface area contributed by atoms with Crippen LogP contribution in [0.25, 0.3) is 10.9 Å². The van der Waals surface area contributed by atoms with Crippen LogP contribution in [0.15, 0.2) is 53.3 Å². The molecule has 0 fully saturated rings. The van der Waals surface area contributed by atoms with Crippen LogP contribution in [0.1, 0.15) is 18.3 Å². The van der Waals surface area contributed by atoms with Crippen LogP contribution in [-0.2, 0) is 11.3 Å². The number of para-hydroxylation sites is 1. The number of carbonyl (C=O) groups is 1. The van der Waals surface area contributed by atoms with Crippen molar-refractivity contribution in [1.29, 1.82) is 0 Å². The van der Waals surface area contributed by atoms with Crippen molar-refractivity contribution in [2.45, 2.75) is 26.5 Å². The molecule has 1 N–H and O–H groups in total. The second kappa shape index (κ2) is 7.39. The van der Waals surface area contributed by atoms with Crippen LogP contribution in [0.5, 0.6) is 5.75 Å². The molecular formula is C20H21N3O3. The van der Waals surface area contributed by atoms with E-state index in [-0.39, 0.29) is 18.0 Å². The Labute approximate surface area is 151 Å². The van der Waals surface area contributed by atoms with Crippen molar-refractivity contribution in [1.82, 2.24) is 14.9 Å². The molecule has 134 valence electrons. The van der Waals surface area contributed by atoms with E-state index in [0.717, 1.165) is 5.56 Å². The monoisotopic (exact) mass is 351 g/mol. The van der Waals surface area contributed by atoms with Crippen molar-refractivity contribution in [2.24, 2.45) is 0 Å². The standard InChI is InChI=1S/C20H21N3O3/c1-13-8-10-15(11-9-13)26-14(2)20(25)23(3)12-18-21-17-7-5-4-6-16(17)19(24)22-18/h4-11,14H,12H2,1-3H3,(H,21,22,24)/t14-/m1/s1. The van der Waals surface area contributed by atoms with Crippen molar-refractivity contribution in [3.05, 3.63) is 70.3 Å². The molecule has 1 amide bonds. The molecule has 3 rings (SSSR count). The first kappa shape index (κ1) is 17.7. The third-order valence-electron chi connectivity index (χ3n) is 4.11. The summed E-state index contributed by atoms with van der Waals surface area (Å²) in [4.78, 5) is 33.3. The third-order valence-corrected chi connectivity index (χ3v) is 4.11. The molecule has 0 bridgehead atoms.